The van der Waals surface area contributed by atoms with E-state index >= 15 is 0 Å². The van der Waals surface area contributed by atoms with Gasteiger partial charge in [0.1, 0.15) is 14.8 Å². The van der Waals surface area contributed by atoms with E-state index in [0.29, 0.717) is 18.1 Å². The minimum Gasteiger partial charge on any atom is -0.396 e. The normalized spacial score (nSPS) is 11.4. The van der Waals surface area contributed by atoms with Crippen molar-refractivity contribution in [3.63, 3.8) is 0 Å². The van der Waals surface area contributed by atoms with Crippen LogP contribution in [0.2, 0.25) is 0 Å². The lowest BCUT2D eigenvalue weighted by atomic mass is 10.3. The third kappa shape index (κ3) is 3.06. The number of hydrogen-bond acceptors (Lipinski definition) is 6. The Balaban J connectivity index is 3.52. The second-order valence-corrected chi connectivity index (χ2v) is 7.47. The Morgan fingerprint density at radius 2 is 1.95 bits per heavy atom. The fraction of sp³-hybridized carbons (Fsp3) is 0.583. The lowest BCUT2D eigenvalue weighted by Crippen LogP contribution is -2.22. The van der Waals surface area contributed by atoms with Gasteiger partial charge in [-0.15, -0.1) is 11.3 Å². The molecule has 1 aromatic heterocycles. The van der Waals surface area contributed by atoms with Gasteiger partial charge in [0.25, 0.3) is 5.91 Å². The first kappa shape index (κ1) is 16.8. The Hall–Kier alpha value is -1.28. The molecule has 0 aliphatic rings. The zero-order valence-corrected chi connectivity index (χ0v) is 13.8. The van der Waals surface area contributed by atoms with Crippen LogP contribution in [0.1, 0.15) is 30.4 Å². The maximum absolute atomic E-state index is 12.2. The number of carbonyl (C=O) groups excluding carboxylic acids is 1. The summed E-state index contributed by atoms with van der Waals surface area (Å²) in [5, 5.41) is 3.17. The third-order valence-corrected chi connectivity index (χ3v) is 6.18. The van der Waals surface area contributed by atoms with E-state index in [0.717, 1.165) is 11.3 Å². The average Bonchev–Trinajstić information content (AvgIpc) is 2.76. The lowest BCUT2D eigenvalue weighted by molar-refractivity contribution is 0.0960. The predicted octanol–water partition coefficient (Wildman–Crippen LogP) is 1.33. The number of sulfone groups is 1. The van der Waals surface area contributed by atoms with Gasteiger partial charge >= 0.3 is 0 Å². The van der Waals surface area contributed by atoms with Gasteiger partial charge in [-0.25, -0.2) is 8.42 Å². The highest BCUT2D eigenvalue weighted by Gasteiger charge is 2.29. The number of nitrogens with one attached hydrogen (secondary N) is 1. The lowest BCUT2D eigenvalue weighted by Gasteiger charge is -2.16. The van der Waals surface area contributed by atoms with Crippen molar-refractivity contribution in [1.82, 2.24) is 5.32 Å². The summed E-state index contributed by atoms with van der Waals surface area (Å²) in [7, 11) is -1.70. The standard InChI is InChI=1S/C12H21N3O3S2/c1-5-14-11(16)9-8(13)10(20(17,18)7-3)12(19-9)15(4)6-2/h5-7,13H2,1-4H3,(H,14,16). The molecule has 6 nitrogen and oxygen atoms in total. The van der Waals surface area contributed by atoms with Crippen LogP contribution in [0.25, 0.3) is 0 Å². The quantitative estimate of drug-likeness (QED) is 0.825. The second kappa shape index (κ2) is 6.45. The highest BCUT2D eigenvalue weighted by molar-refractivity contribution is 7.92. The van der Waals surface area contributed by atoms with Gasteiger partial charge in [0.15, 0.2) is 9.84 Å². The molecule has 8 heteroatoms. The average molecular weight is 319 g/mol. The number of thiophene rings is 1. The highest BCUT2D eigenvalue weighted by atomic mass is 32.2. The van der Waals surface area contributed by atoms with Crippen molar-refractivity contribution in [2.45, 2.75) is 25.7 Å². The molecule has 1 amide bonds. The SMILES string of the molecule is CCNC(=O)c1sc(N(C)CC)c(S(=O)(=O)CC)c1N. The highest BCUT2D eigenvalue weighted by Crippen LogP contribution is 2.41. The van der Waals surface area contributed by atoms with Gasteiger partial charge in [-0.3, -0.25) is 4.79 Å². The van der Waals surface area contributed by atoms with Crippen molar-refractivity contribution in [2.75, 3.05) is 36.5 Å². The molecule has 0 aromatic carbocycles. The van der Waals surface area contributed by atoms with Crippen LogP contribution < -0.4 is 16.0 Å². The van der Waals surface area contributed by atoms with E-state index in [1.165, 1.54) is 0 Å². The molecule has 114 valence electrons. The van der Waals surface area contributed by atoms with Crippen LogP contribution in [-0.4, -0.2) is 40.2 Å². The van der Waals surface area contributed by atoms with Gasteiger partial charge in [-0.05, 0) is 13.8 Å². The minimum atomic E-state index is -3.48. The number of anilines is 2. The van der Waals surface area contributed by atoms with Crippen molar-refractivity contribution >= 4 is 37.8 Å². The molecule has 0 aliphatic heterocycles. The van der Waals surface area contributed by atoms with Crippen LogP contribution in [0.15, 0.2) is 4.90 Å². The van der Waals surface area contributed by atoms with E-state index in [1.54, 1.807) is 25.8 Å². The maximum Gasteiger partial charge on any atom is 0.263 e. The molecule has 0 spiro atoms. The summed E-state index contributed by atoms with van der Waals surface area (Å²) < 4.78 is 24.5. The Bertz CT molecular complexity index is 593. The molecule has 20 heavy (non-hydrogen) atoms. The summed E-state index contributed by atoms with van der Waals surface area (Å²) in [5.41, 5.74) is 5.99. The fourth-order valence-electron chi connectivity index (χ4n) is 1.67. The zero-order valence-electron chi connectivity index (χ0n) is 12.2. The largest absolute Gasteiger partial charge is 0.396 e. The Labute approximate surface area is 123 Å². The molecular formula is C12H21N3O3S2. The molecule has 0 radical (unpaired) electrons. The molecule has 0 atom stereocenters. The second-order valence-electron chi connectivity index (χ2n) is 4.26. The molecule has 0 bridgehead atoms. The number of amides is 1. The monoisotopic (exact) mass is 319 g/mol. The minimum absolute atomic E-state index is 0.0483. The van der Waals surface area contributed by atoms with Crippen LogP contribution in [-0.2, 0) is 9.84 Å². The molecule has 0 unspecified atom stereocenters. The van der Waals surface area contributed by atoms with Crippen LogP contribution in [0.3, 0.4) is 0 Å². The van der Waals surface area contributed by atoms with Crippen LogP contribution >= 0.6 is 11.3 Å². The summed E-state index contributed by atoms with van der Waals surface area (Å²) in [5.74, 6) is -0.383. The summed E-state index contributed by atoms with van der Waals surface area (Å²) in [6.07, 6.45) is 0. The van der Waals surface area contributed by atoms with Gasteiger partial charge in [0.2, 0.25) is 0 Å². The summed E-state index contributed by atoms with van der Waals surface area (Å²) in [4.78, 5) is 14.1. The van der Waals surface area contributed by atoms with Crippen LogP contribution in [0, 0.1) is 0 Å². The molecule has 1 heterocycles. The van der Waals surface area contributed by atoms with Gasteiger partial charge in [0, 0.05) is 20.1 Å². The first-order valence-electron chi connectivity index (χ1n) is 6.44. The molecular weight excluding hydrogens is 298 g/mol. The number of nitrogen functional groups attached to an aromatic ring is 1. The van der Waals surface area contributed by atoms with Gasteiger partial charge < -0.3 is 16.0 Å². The van der Waals surface area contributed by atoms with Crippen molar-refractivity contribution < 1.29 is 13.2 Å². The molecule has 0 fully saturated rings. The van der Waals surface area contributed by atoms with Gasteiger partial charge in [-0.1, -0.05) is 6.92 Å². The summed E-state index contributed by atoms with van der Waals surface area (Å²) >= 11 is 1.12. The van der Waals surface area contributed by atoms with Crippen LogP contribution in [0.4, 0.5) is 10.7 Å². The van der Waals surface area contributed by atoms with E-state index in [1.807, 2.05) is 6.92 Å². The number of hydrogen-bond donors (Lipinski definition) is 2. The molecule has 0 saturated heterocycles. The van der Waals surface area contributed by atoms with Crippen molar-refractivity contribution in [1.29, 1.82) is 0 Å². The molecule has 3 N–H and O–H groups in total. The summed E-state index contributed by atoms with van der Waals surface area (Å²) in [6.45, 7) is 6.36. The third-order valence-electron chi connectivity index (χ3n) is 2.94. The molecule has 1 aromatic rings. The topological polar surface area (TPSA) is 92.5 Å². The van der Waals surface area contributed by atoms with E-state index < -0.39 is 9.84 Å². The van der Waals surface area contributed by atoms with Crippen molar-refractivity contribution in [3.8, 4) is 0 Å². The number of nitrogens with zero attached hydrogens (tertiary/aromatic N) is 1. The fourth-order valence-corrected chi connectivity index (χ4v) is 4.44. The first-order valence-corrected chi connectivity index (χ1v) is 8.91. The van der Waals surface area contributed by atoms with E-state index in [4.69, 9.17) is 5.73 Å². The van der Waals surface area contributed by atoms with E-state index in [9.17, 15) is 13.2 Å². The van der Waals surface area contributed by atoms with Crippen molar-refractivity contribution in [2.24, 2.45) is 0 Å². The number of nitrogens with two attached hydrogens (primary N) is 1. The van der Waals surface area contributed by atoms with E-state index in [-0.39, 0.29) is 27.1 Å². The Kier molecular flexibility index (Phi) is 5.41. The van der Waals surface area contributed by atoms with Gasteiger partial charge in [-0.2, -0.15) is 0 Å². The number of rotatable bonds is 6. The van der Waals surface area contributed by atoms with Gasteiger partial charge in [0.05, 0.1) is 11.4 Å². The molecule has 1 rings (SSSR count). The molecule has 0 saturated carbocycles. The predicted molar refractivity (Wildman–Crippen MR) is 83.4 cm³/mol. The molecule has 0 aliphatic carbocycles. The first-order chi connectivity index (χ1) is 9.30. The summed E-state index contributed by atoms with van der Waals surface area (Å²) in [6, 6.07) is 0. The van der Waals surface area contributed by atoms with Crippen molar-refractivity contribution in [3.05, 3.63) is 4.88 Å². The smallest absolute Gasteiger partial charge is 0.263 e. The van der Waals surface area contributed by atoms with Crippen LogP contribution in [0.5, 0.6) is 0 Å². The van der Waals surface area contributed by atoms with E-state index in [2.05, 4.69) is 5.32 Å². The zero-order chi connectivity index (χ0) is 15.5. The number of carbonyl (C=O) groups is 1. The maximum atomic E-state index is 12.2. The Morgan fingerprint density at radius 1 is 1.35 bits per heavy atom. The Morgan fingerprint density at radius 3 is 2.40 bits per heavy atom.